The lowest BCUT2D eigenvalue weighted by Gasteiger charge is -2.31. The summed E-state index contributed by atoms with van der Waals surface area (Å²) in [5, 5.41) is 3.99. The van der Waals surface area contributed by atoms with E-state index in [1.807, 2.05) is 16.8 Å². The fourth-order valence-corrected chi connectivity index (χ4v) is 2.87. The maximum absolute atomic E-state index is 12.9. The monoisotopic (exact) mass is 231 g/mol. The van der Waals surface area contributed by atoms with Crippen LogP contribution in [0.2, 0.25) is 0 Å². The fraction of sp³-hybridized carbons (Fsp3) is 0.636. The lowest BCUT2D eigenvalue weighted by Crippen LogP contribution is -2.30. The highest BCUT2D eigenvalue weighted by Gasteiger charge is 2.37. The third kappa shape index (κ3) is 2.55. The molecule has 15 heavy (non-hydrogen) atoms. The molecular weight excluding hydrogens is 216 g/mol. The van der Waals surface area contributed by atoms with E-state index in [0.29, 0.717) is 12.8 Å². The van der Waals surface area contributed by atoms with Crippen molar-refractivity contribution in [2.75, 3.05) is 0 Å². The first-order valence-corrected chi connectivity index (χ1v) is 6.18. The molecule has 2 rings (SSSR count). The Balaban J connectivity index is 1.96. The van der Waals surface area contributed by atoms with Crippen molar-refractivity contribution in [3.63, 3.8) is 0 Å². The molecule has 1 aromatic heterocycles. The van der Waals surface area contributed by atoms with E-state index in [0.717, 1.165) is 5.56 Å². The van der Waals surface area contributed by atoms with Crippen LogP contribution in [0.5, 0.6) is 0 Å². The summed E-state index contributed by atoms with van der Waals surface area (Å²) in [4.78, 5) is 0. The minimum atomic E-state index is -2.45. The molecule has 0 aromatic carbocycles. The van der Waals surface area contributed by atoms with Crippen molar-refractivity contribution < 1.29 is 8.78 Å². The molecule has 1 heterocycles. The number of hydrogen-bond acceptors (Lipinski definition) is 2. The van der Waals surface area contributed by atoms with Crippen LogP contribution in [-0.2, 0) is 0 Å². The Labute approximate surface area is 92.3 Å². The van der Waals surface area contributed by atoms with Gasteiger partial charge in [0.25, 0.3) is 0 Å². The highest BCUT2D eigenvalue weighted by molar-refractivity contribution is 7.07. The van der Waals surface area contributed by atoms with E-state index in [1.54, 1.807) is 11.3 Å². The van der Waals surface area contributed by atoms with E-state index in [4.69, 9.17) is 5.73 Å². The normalized spacial score (nSPS) is 23.9. The Morgan fingerprint density at radius 3 is 2.60 bits per heavy atom. The first-order chi connectivity index (χ1) is 7.08. The Bertz CT molecular complexity index is 300. The third-order valence-corrected chi connectivity index (χ3v) is 3.90. The molecule has 1 fully saturated rings. The molecular formula is C11H15F2NS. The standard InChI is InChI=1S/C11H15F2NS/c12-11(13)4-1-8(2-5-11)10(14)9-3-6-15-7-9/h3,6-8,10H,1-2,4-5,14H2. The first-order valence-electron chi connectivity index (χ1n) is 5.24. The van der Waals surface area contributed by atoms with Gasteiger partial charge in [-0.2, -0.15) is 11.3 Å². The molecule has 0 spiro atoms. The summed E-state index contributed by atoms with van der Waals surface area (Å²) < 4.78 is 25.9. The van der Waals surface area contributed by atoms with Crippen LogP contribution in [0.15, 0.2) is 16.8 Å². The SMILES string of the molecule is NC(c1ccsc1)C1CCC(F)(F)CC1. The molecule has 4 heteroatoms. The zero-order valence-electron chi connectivity index (χ0n) is 8.46. The number of halogens is 2. The van der Waals surface area contributed by atoms with Gasteiger partial charge in [-0.3, -0.25) is 0 Å². The summed E-state index contributed by atoms with van der Waals surface area (Å²) in [6.45, 7) is 0. The van der Waals surface area contributed by atoms with Crippen LogP contribution < -0.4 is 5.73 Å². The van der Waals surface area contributed by atoms with Gasteiger partial charge in [-0.1, -0.05) is 0 Å². The zero-order valence-corrected chi connectivity index (χ0v) is 9.27. The molecule has 1 nitrogen and oxygen atoms in total. The van der Waals surface area contributed by atoms with Crippen LogP contribution in [-0.4, -0.2) is 5.92 Å². The number of alkyl halides is 2. The maximum atomic E-state index is 12.9. The van der Waals surface area contributed by atoms with E-state index >= 15 is 0 Å². The van der Waals surface area contributed by atoms with Gasteiger partial charge in [-0.15, -0.1) is 0 Å². The van der Waals surface area contributed by atoms with Crippen molar-refractivity contribution in [1.82, 2.24) is 0 Å². The van der Waals surface area contributed by atoms with E-state index in [1.165, 1.54) is 0 Å². The molecule has 0 amide bonds. The quantitative estimate of drug-likeness (QED) is 0.827. The Hall–Kier alpha value is -0.480. The average Bonchev–Trinajstić information content (AvgIpc) is 2.69. The highest BCUT2D eigenvalue weighted by atomic mass is 32.1. The molecule has 1 aliphatic rings. The van der Waals surface area contributed by atoms with Crippen LogP contribution in [0.3, 0.4) is 0 Å². The van der Waals surface area contributed by atoms with Gasteiger partial charge in [0.05, 0.1) is 0 Å². The average molecular weight is 231 g/mol. The van der Waals surface area contributed by atoms with Gasteiger partial charge in [0.15, 0.2) is 0 Å². The Morgan fingerprint density at radius 2 is 2.07 bits per heavy atom. The van der Waals surface area contributed by atoms with Gasteiger partial charge in [-0.05, 0) is 41.1 Å². The van der Waals surface area contributed by atoms with Crippen molar-refractivity contribution in [1.29, 1.82) is 0 Å². The van der Waals surface area contributed by atoms with Gasteiger partial charge < -0.3 is 5.73 Å². The topological polar surface area (TPSA) is 26.0 Å². The smallest absolute Gasteiger partial charge is 0.248 e. The Morgan fingerprint density at radius 1 is 1.40 bits per heavy atom. The summed E-state index contributed by atoms with van der Waals surface area (Å²) in [6.07, 6.45) is 1.08. The van der Waals surface area contributed by atoms with Crippen LogP contribution in [0, 0.1) is 5.92 Å². The number of hydrogen-bond donors (Lipinski definition) is 1. The predicted molar refractivity (Wildman–Crippen MR) is 58.2 cm³/mol. The van der Waals surface area contributed by atoms with Crippen molar-refractivity contribution >= 4 is 11.3 Å². The number of rotatable bonds is 2. The van der Waals surface area contributed by atoms with Crippen LogP contribution in [0.4, 0.5) is 8.78 Å². The molecule has 1 saturated carbocycles. The van der Waals surface area contributed by atoms with Gasteiger partial charge >= 0.3 is 0 Å². The van der Waals surface area contributed by atoms with Crippen molar-refractivity contribution in [3.05, 3.63) is 22.4 Å². The summed E-state index contributed by atoms with van der Waals surface area (Å²) in [5.41, 5.74) is 7.16. The summed E-state index contributed by atoms with van der Waals surface area (Å²) in [5.74, 6) is -2.23. The Kier molecular flexibility index (Phi) is 3.07. The van der Waals surface area contributed by atoms with Crippen LogP contribution >= 0.6 is 11.3 Å². The molecule has 1 aliphatic carbocycles. The second kappa shape index (κ2) is 4.18. The first kappa shape index (κ1) is 11.0. The van der Waals surface area contributed by atoms with Crippen LogP contribution in [0.25, 0.3) is 0 Å². The summed E-state index contributed by atoms with van der Waals surface area (Å²) in [7, 11) is 0. The molecule has 0 aliphatic heterocycles. The third-order valence-electron chi connectivity index (χ3n) is 3.20. The van der Waals surface area contributed by atoms with E-state index in [9.17, 15) is 8.78 Å². The number of thiophene rings is 1. The van der Waals surface area contributed by atoms with Gasteiger partial charge in [0.2, 0.25) is 5.92 Å². The van der Waals surface area contributed by atoms with E-state index in [2.05, 4.69) is 0 Å². The molecule has 0 radical (unpaired) electrons. The largest absolute Gasteiger partial charge is 0.324 e. The van der Waals surface area contributed by atoms with Gasteiger partial charge in [0.1, 0.15) is 0 Å². The summed E-state index contributed by atoms with van der Waals surface area (Å²) >= 11 is 1.60. The molecule has 1 unspecified atom stereocenters. The van der Waals surface area contributed by atoms with Gasteiger partial charge in [-0.25, -0.2) is 8.78 Å². The minimum absolute atomic E-state index is 0.00446. The molecule has 84 valence electrons. The fourth-order valence-electron chi connectivity index (χ4n) is 2.16. The lowest BCUT2D eigenvalue weighted by molar-refractivity contribution is -0.0483. The molecule has 0 bridgehead atoms. The summed E-state index contributed by atoms with van der Waals surface area (Å²) in [6, 6.07) is 1.93. The lowest BCUT2D eigenvalue weighted by atomic mass is 9.80. The second-order valence-electron chi connectivity index (χ2n) is 4.28. The van der Waals surface area contributed by atoms with Crippen molar-refractivity contribution in [2.45, 2.75) is 37.6 Å². The van der Waals surface area contributed by atoms with E-state index < -0.39 is 5.92 Å². The number of nitrogens with two attached hydrogens (primary N) is 1. The predicted octanol–water partition coefficient (Wildman–Crippen LogP) is 3.57. The highest BCUT2D eigenvalue weighted by Crippen LogP contribution is 2.40. The molecule has 2 N–H and O–H groups in total. The van der Waals surface area contributed by atoms with E-state index in [-0.39, 0.29) is 24.8 Å². The van der Waals surface area contributed by atoms with Crippen molar-refractivity contribution in [2.24, 2.45) is 11.7 Å². The molecule has 1 aromatic rings. The van der Waals surface area contributed by atoms with Gasteiger partial charge in [0, 0.05) is 18.9 Å². The maximum Gasteiger partial charge on any atom is 0.248 e. The van der Waals surface area contributed by atoms with Crippen molar-refractivity contribution in [3.8, 4) is 0 Å². The molecule has 0 saturated heterocycles. The minimum Gasteiger partial charge on any atom is -0.324 e. The molecule has 1 atom stereocenters. The van der Waals surface area contributed by atoms with Crippen LogP contribution in [0.1, 0.15) is 37.3 Å². The second-order valence-corrected chi connectivity index (χ2v) is 5.06. The zero-order chi connectivity index (χ0) is 10.9.